The fraction of sp³-hybridized carbons (Fsp3) is 0.308. The average molecular weight is 231 g/mol. The summed E-state index contributed by atoms with van der Waals surface area (Å²) in [7, 11) is 0. The molecule has 1 aromatic carbocycles. The molecule has 1 aromatic heterocycles. The van der Waals surface area contributed by atoms with Gasteiger partial charge in [-0.25, -0.2) is 4.98 Å². The third-order valence-electron chi connectivity index (χ3n) is 2.56. The van der Waals surface area contributed by atoms with Crippen molar-refractivity contribution in [2.45, 2.75) is 19.4 Å². The van der Waals surface area contributed by atoms with Gasteiger partial charge in [0.1, 0.15) is 11.6 Å². The van der Waals surface area contributed by atoms with Crippen molar-refractivity contribution in [1.82, 2.24) is 15.3 Å². The molecule has 0 spiro atoms. The molecule has 17 heavy (non-hydrogen) atoms. The summed E-state index contributed by atoms with van der Waals surface area (Å²) in [5.74, 6) is 1.35. The van der Waals surface area contributed by atoms with Crippen molar-refractivity contribution in [1.29, 1.82) is 0 Å². The Morgan fingerprint density at radius 1 is 1.35 bits per heavy atom. The van der Waals surface area contributed by atoms with E-state index < -0.39 is 0 Å². The van der Waals surface area contributed by atoms with Crippen molar-refractivity contribution < 1.29 is 5.11 Å². The van der Waals surface area contributed by atoms with E-state index in [4.69, 9.17) is 0 Å². The molecule has 0 saturated heterocycles. The largest absolute Gasteiger partial charge is 0.508 e. The molecule has 2 aromatic rings. The summed E-state index contributed by atoms with van der Waals surface area (Å²) in [6.45, 7) is 1.73. The van der Waals surface area contributed by atoms with Gasteiger partial charge in [-0.1, -0.05) is 12.1 Å². The van der Waals surface area contributed by atoms with Crippen molar-refractivity contribution in [2.24, 2.45) is 0 Å². The van der Waals surface area contributed by atoms with Gasteiger partial charge in [-0.2, -0.15) is 0 Å². The SMILES string of the molecule is Oc1cccc(CNCCCc2ncc[nH]2)c1. The molecule has 0 saturated carbocycles. The number of aromatic amines is 1. The molecule has 3 N–H and O–H groups in total. The lowest BCUT2D eigenvalue weighted by atomic mass is 10.2. The van der Waals surface area contributed by atoms with Crippen molar-refractivity contribution in [3.63, 3.8) is 0 Å². The molecule has 4 nitrogen and oxygen atoms in total. The minimum atomic E-state index is 0.319. The summed E-state index contributed by atoms with van der Waals surface area (Å²) in [5, 5.41) is 12.6. The van der Waals surface area contributed by atoms with E-state index in [9.17, 15) is 5.11 Å². The van der Waals surface area contributed by atoms with Crippen LogP contribution >= 0.6 is 0 Å². The molecule has 0 fully saturated rings. The first-order valence-corrected chi connectivity index (χ1v) is 5.81. The summed E-state index contributed by atoms with van der Waals surface area (Å²) in [6, 6.07) is 7.31. The second-order valence-corrected chi connectivity index (χ2v) is 3.99. The van der Waals surface area contributed by atoms with Crippen LogP contribution in [0.5, 0.6) is 5.75 Å². The van der Waals surface area contributed by atoms with Gasteiger partial charge in [0.25, 0.3) is 0 Å². The molecule has 0 aliphatic rings. The van der Waals surface area contributed by atoms with Crippen molar-refractivity contribution >= 4 is 0 Å². The normalized spacial score (nSPS) is 10.6. The lowest BCUT2D eigenvalue weighted by Gasteiger charge is -2.04. The van der Waals surface area contributed by atoms with Crippen LogP contribution in [-0.2, 0) is 13.0 Å². The van der Waals surface area contributed by atoms with Crippen LogP contribution in [-0.4, -0.2) is 21.6 Å². The number of hydrogen-bond donors (Lipinski definition) is 3. The van der Waals surface area contributed by atoms with Crippen LogP contribution < -0.4 is 5.32 Å². The second-order valence-electron chi connectivity index (χ2n) is 3.99. The number of phenols is 1. The number of rotatable bonds is 6. The molecule has 0 atom stereocenters. The summed E-state index contributed by atoms with van der Waals surface area (Å²) in [4.78, 5) is 7.25. The van der Waals surface area contributed by atoms with Gasteiger partial charge >= 0.3 is 0 Å². The molecule has 0 radical (unpaired) electrons. The number of phenolic OH excluding ortho intramolecular Hbond substituents is 1. The number of H-pyrrole nitrogens is 1. The molecule has 90 valence electrons. The number of hydrogen-bond acceptors (Lipinski definition) is 3. The standard InChI is InChI=1S/C13H17N3O/c17-12-4-1-3-11(9-12)10-14-6-2-5-13-15-7-8-16-13/h1,3-4,7-9,14,17H,2,5-6,10H2,(H,15,16). The highest BCUT2D eigenvalue weighted by atomic mass is 16.3. The maximum Gasteiger partial charge on any atom is 0.115 e. The Labute approximate surface area is 101 Å². The number of nitrogens with one attached hydrogen (secondary N) is 2. The van der Waals surface area contributed by atoms with Crippen molar-refractivity contribution in [3.05, 3.63) is 48.0 Å². The Morgan fingerprint density at radius 2 is 2.29 bits per heavy atom. The van der Waals surface area contributed by atoms with E-state index >= 15 is 0 Å². The minimum absolute atomic E-state index is 0.319. The molecule has 2 rings (SSSR count). The zero-order valence-electron chi connectivity index (χ0n) is 9.69. The number of aryl methyl sites for hydroxylation is 1. The van der Waals surface area contributed by atoms with Gasteiger partial charge in [0.2, 0.25) is 0 Å². The lowest BCUT2D eigenvalue weighted by Crippen LogP contribution is -2.15. The molecule has 0 aliphatic carbocycles. The quantitative estimate of drug-likeness (QED) is 0.665. The van der Waals surface area contributed by atoms with Crippen LogP contribution in [0, 0.1) is 0 Å². The Hall–Kier alpha value is -1.81. The van der Waals surface area contributed by atoms with E-state index in [-0.39, 0.29) is 0 Å². The lowest BCUT2D eigenvalue weighted by molar-refractivity contribution is 0.474. The summed E-state index contributed by atoms with van der Waals surface area (Å²) < 4.78 is 0. The van der Waals surface area contributed by atoms with E-state index in [1.54, 1.807) is 18.3 Å². The molecule has 0 amide bonds. The van der Waals surface area contributed by atoms with Crippen molar-refractivity contribution in [2.75, 3.05) is 6.54 Å². The maximum atomic E-state index is 9.30. The van der Waals surface area contributed by atoms with Crippen LogP contribution in [0.1, 0.15) is 17.8 Å². The second kappa shape index (κ2) is 6.06. The van der Waals surface area contributed by atoms with Gasteiger partial charge in [0.15, 0.2) is 0 Å². The van der Waals surface area contributed by atoms with Crippen LogP contribution in [0.15, 0.2) is 36.7 Å². The first kappa shape index (κ1) is 11.7. The summed E-state index contributed by atoms with van der Waals surface area (Å²) in [5.41, 5.74) is 1.10. The fourth-order valence-electron chi connectivity index (χ4n) is 1.71. The number of imidazole rings is 1. The zero-order valence-corrected chi connectivity index (χ0v) is 9.69. The van der Waals surface area contributed by atoms with Gasteiger partial charge in [-0.3, -0.25) is 0 Å². The number of benzene rings is 1. The molecule has 1 heterocycles. The van der Waals surface area contributed by atoms with Crippen LogP contribution in [0.3, 0.4) is 0 Å². The number of nitrogens with zero attached hydrogens (tertiary/aromatic N) is 1. The van der Waals surface area contributed by atoms with E-state index in [0.29, 0.717) is 5.75 Å². The average Bonchev–Trinajstić information content (AvgIpc) is 2.82. The monoisotopic (exact) mass is 231 g/mol. The molecule has 0 unspecified atom stereocenters. The Bertz CT molecular complexity index is 440. The minimum Gasteiger partial charge on any atom is -0.508 e. The van der Waals surface area contributed by atoms with Crippen LogP contribution in [0.25, 0.3) is 0 Å². The molecule has 0 bridgehead atoms. The molecular weight excluding hydrogens is 214 g/mol. The molecule has 4 heteroatoms. The molecule has 0 aliphatic heterocycles. The Morgan fingerprint density at radius 3 is 3.06 bits per heavy atom. The van der Waals surface area contributed by atoms with Gasteiger partial charge < -0.3 is 15.4 Å². The highest BCUT2D eigenvalue weighted by Crippen LogP contribution is 2.10. The zero-order chi connectivity index (χ0) is 11.9. The van der Waals surface area contributed by atoms with E-state index in [1.165, 1.54) is 0 Å². The fourth-order valence-corrected chi connectivity index (χ4v) is 1.71. The first-order valence-electron chi connectivity index (χ1n) is 5.81. The third kappa shape index (κ3) is 3.92. The first-order chi connectivity index (χ1) is 8.34. The smallest absolute Gasteiger partial charge is 0.115 e. The summed E-state index contributed by atoms with van der Waals surface area (Å²) in [6.07, 6.45) is 5.62. The highest BCUT2D eigenvalue weighted by molar-refractivity contribution is 5.26. The highest BCUT2D eigenvalue weighted by Gasteiger charge is 1.96. The maximum absolute atomic E-state index is 9.30. The number of aromatic hydroxyl groups is 1. The van der Waals surface area contributed by atoms with E-state index in [1.807, 2.05) is 18.3 Å². The van der Waals surface area contributed by atoms with Gasteiger partial charge in [-0.15, -0.1) is 0 Å². The van der Waals surface area contributed by atoms with Crippen LogP contribution in [0.2, 0.25) is 0 Å². The Balaban J connectivity index is 1.63. The predicted molar refractivity (Wildman–Crippen MR) is 66.7 cm³/mol. The van der Waals surface area contributed by atoms with Crippen molar-refractivity contribution in [3.8, 4) is 5.75 Å². The van der Waals surface area contributed by atoms with Crippen LogP contribution in [0.4, 0.5) is 0 Å². The summed E-state index contributed by atoms with van der Waals surface area (Å²) >= 11 is 0. The molecular formula is C13H17N3O. The number of aromatic nitrogens is 2. The third-order valence-corrected chi connectivity index (χ3v) is 2.56. The Kier molecular flexibility index (Phi) is 4.16. The van der Waals surface area contributed by atoms with Gasteiger partial charge in [0.05, 0.1) is 0 Å². The predicted octanol–water partition coefficient (Wildman–Crippen LogP) is 1.84. The van der Waals surface area contributed by atoms with Gasteiger partial charge in [-0.05, 0) is 30.7 Å². The topological polar surface area (TPSA) is 60.9 Å². The van der Waals surface area contributed by atoms with E-state index in [0.717, 1.165) is 37.3 Å². The van der Waals surface area contributed by atoms with Gasteiger partial charge in [0, 0.05) is 25.4 Å². The van der Waals surface area contributed by atoms with E-state index in [2.05, 4.69) is 15.3 Å².